The van der Waals surface area contributed by atoms with Gasteiger partial charge in [-0.2, -0.15) is 5.10 Å². The molecule has 0 aliphatic heterocycles. The maximum atomic E-state index is 11.5. The van der Waals surface area contributed by atoms with Crippen LogP contribution in [0.1, 0.15) is 28.4 Å². The Morgan fingerprint density at radius 2 is 1.96 bits per heavy atom. The largest absolute Gasteiger partial charge is 0.507 e. The molecule has 0 saturated heterocycles. The summed E-state index contributed by atoms with van der Waals surface area (Å²) in [7, 11) is 0. The van der Waals surface area contributed by atoms with Gasteiger partial charge in [-0.15, -0.1) is 0 Å². The summed E-state index contributed by atoms with van der Waals surface area (Å²) in [5, 5.41) is 21.3. The summed E-state index contributed by atoms with van der Waals surface area (Å²) in [6.45, 7) is 3.74. The summed E-state index contributed by atoms with van der Waals surface area (Å²) < 4.78 is 0. The third-order valence-electron chi connectivity index (χ3n) is 4.13. The third kappa shape index (κ3) is 3.51. The lowest BCUT2D eigenvalue weighted by atomic mass is 10.0. The molecule has 5 nitrogen and oxygen atoms in total. The lowest BCUT2D eigenvalue weighted by Crippen LogP contribution is -2.03. The van der Waals surface area contributed by atoms with Crippen molar-refractivity contribution in [2.75, 3.05) is 5.32 Å². The van der Waals surface area contributed by atoms with Crippen molar-refractivity contribution in [1.29, 1.82) is 0 Å². The maximum Gasteiger partial charge on any atom is 0.163 e. The zero-order valence-electron chi connectivity index (χ0n) is 13.9. The van der Waals surface area contributed by atoms with Gasteiger partial charge in [0.2, 0.25) is 0 Å². The van der Waals surface area contributed by atoms with E-state index in [0.29, 0.717) is 22.7 Å². The molecule has 3 N–H and O–H groups in total. The molecule has 0 aliphatic carbocycles. The molecule has 0 saturated carbocycles. The van der Waals surface area contributed by atoms with Crippen molar-refractivity contribution in [3.63, 3.8) is 0 Å². The Kier molecular flexibility index (Phi) is 4.76. The van der Waals surface area contributed by atoms with Gasteiger partial charge in [0.25, 0.3) is 0 Å². The number of benzene rings is 2. The first-order valence-electron chi connectivity index (χ1n) is 7.83. The van der Waals surface area contributed by atoms with Crippen molar-refractivity contribution in [1.82, 2.24) is 10.2 Å². The molecule has 3 aromatic rings. The van der Waals surface area contributed by atoms with Gasteiger partial charge in [0.1, 0.15) is 5.75 Å². The van der Waals surface area contributed by atoms with Crippen LogP contribution in [0.3, 0.4) is 0 Å². The van der Waals surface area contributed by atoms with E-state index in [1.165, 1.54) is 6.92 Å². The van der Waals surface area contributed by atoms with E-state index in [2.05, 4.69) is 15.5 Å². The Morgan fingerprint density at radius 3 is 2.64 bits per heavy atom. The minimum atomic E-state index is -0.160. The molecular weight excluding hydrogens is 338 g/mol. The van der Waals surface area contributed by atoms with Gasteiger partial charge in [-0.3, -0.25) is 9.89 Å². The number of nitrogens with zero attached hydrogens (tertiary/aromatic N) is 1. The minimum Gasteiger partial charge on any atom is -0.507 e. The number of halogens is 1. The second-order valence-corrected chi connectivity index (χ2v) is 6.26. The quantitative estimate of drug-likeness (QED) is 0.586. The highest BCUT2D eigenvalue weighted by Crippen LogP contribution is 2.30. The molecule has 3 rings (SSSR count). The zero-order valence-corrected chi connectivity index (χ0v) is 14.7. The molecule has 0 unspecified atom stereocenters. The number of phenolic OH excluding ortho intramolecular Hbond substituents is 1. The van der Waals surface area contributed by atoms with E-state index in [1.54, 1.807) is 25.3 Å². The van der Waals surface area contributed by atoms with Crippen molar-refractivity contribution < 1.29 is 9.90 Å². The van der Waals surface area contributed by atoms with Crippen LogP contribution in [0.15, 0.2) is 42.6 Å². The molecule has 6 heteroatoms. The minimum absolute atomic E-state index is 0.0163. The van der Waals surface area contributed by atoms with Crippen molar-refractivity contribution in [2.24, 2.45) is 0 Å². The lowest BCUT2D eigenvalue weighted by Gasteiger charge is -2.13. The van der Waals surface area contributed by atoms with Crippen LogP contribution in [-0.4, -0.2) is 21.1 Å². The summed E-state index contributed by atoms with van der Waals surface area (Å²) in [5.74, 6) is -0.144. The molecule has 2 aromatic carbocycles. The highest BCUT2D eigenvalue weighted by Gasteiger charge is 2.13. The number of hydrogen-bond donors (Lipinski definition) is 3. The summed E-state index contributed by atoms with van der Waals surface area (Å²) >= 11 is 5.94. The molecular formula is C19H18ClN3O2. The SMILES string of the molecule is CC(=O)c1ccc(NCc2cn[nH]c2-c2ccc(Cl)cc2)c(C)c1O. The van der Waals surface area contributed by atoms with Crippen LogP contribution in [0.5, 0.6) is 5.75 Å². The predicted octanol–water partition coefficient (Wildman–Crippen LogP) is 4.56. The van der Waals surface area contributed by atoms with Crippen LogP contribution < -0.4 is 5.32 Å². The zero-order chi connectivity index (χ0) is 18.0. The van der Waals surface area contributed by atoms with Crippen LogP contribution in [-0.2, 0) is 6.54 Å². The first kappa shape index (κ1) is 17.0. The molecule has 128 valence electrons. The van der Waals surface area contributed by atoms with Crippen molar-refractivity contribution in [2.45, 2.75) is 20.4 Å². The Morgan fingerprint density at radius 1 is 1.24 bits per heavy atom. The van der Waals surface area contributed by atoms with Gasteiger partial charge in [-0.05, 0) is 43.7 Å². The molecule has 0 spiro atoms. The van der Waals surface area contributed by atoms with E-state index in [9.17, 15) is 9.90 Å². The number of rotatable bonds is 5. The maximum absolute atomic E-state index is 11.5. The second-order valence-electron chi connectivity index (χ2n) is 5.82. The van der Waals surface area contributed by atoms with Crippen LogP contribution in [0.4, 0.5) is 5.69 Å². The van der Waals surface area contributed by atoms with Crippen molar-refractivity contribution in [3.8, 4) is 17.0 Å². The summed E-state index contributed by atoms with van der Waals surface area (Å²) in [5.41, 5.74) is 4.62. The fourth-order valence-electron chi connectivity index (χ4n) is 2.68. The highest BCUT2D eigenvalue weighted by atomic mass is 35.5. The van der Waals surface area contributed by atoms with Gasteiger partial charge in [0.05, 0.1) is 17.5 Å². The molecule has 0 amide bonds. The van der Waals surface area contributed by atoms with Crippen LogP contribution in [0, 0.1) is 6.92 Å². The molecule has 1 aromatic heterocycles. The standard InChI is InChI=1S/C19H18ClN3O2/c1-11-17(8-7-16(12(2)24)19(11)25)21-9-14-10-22-23-18(14)13-3-5-15(20)6-4-13/h3-8,10,21,25H,9H2,1-2H3,(H,22,23). The normalized spacial score (nSPS) is 10.7. The molecule has 0 fully saturated rings. The van der Waals surface area contributed by atoms with Crippen molar-refractivity contribution in [3.05, 3.63) is 64.3 Å². The van der Waals surface area contributed by atoms with Gasteiger partial charge in [0, 0.05) is 28.4 Å². The van der Waals surface area contributed by atoms with E-state index in [-0.39, 0.29) is 11.5 Å². The number of Topliss-reactive ketones (excluding diaryl/α,β-unsaturated/α-hetero) is 1. The Bertz CT molecular complexity index is 917. The van der Waals surface area contributed by atoms with Gasteiger partial charge < -0.3 is 10.4 Å². The third-order valence-corrected chi connectivity index (χ3v) is 4.38. The summed E-state index contributed by atoms with van der Waals surface area (Å²) in [6.07, 6.45) is 1.76. The topological polar surface area (TPSA) is 78.0 Å². The molecule has 1 heterocycles. The number of phenols is 1. The molecule has 0 bridgehead atoms. The predicted molar refractivity (Wildman–Crippen MR) is 99.2 cm³/mol. The van der Waals surface area contributed by atoms with E-state index < -0.39 is 0 Å². The number of carbonyl (C=O) groups is 1. The Hall–Kier alpha value is -2.79. The highest BCUT2D eigenvalue weighted by molar-refractivity contribution is 6.30. The number of ketones is 1. The van der Waals surface area contributed by atoms with Crippen LogP contribution in [0.25, 0.3) is 11.3 Å². The fraction of sp³-hybridized carbons (Fsp3) is 0.158. The van der Waals surface area contributed by atoms with Crippen molar-refractivity contribution >= 4 is 23.1 Å². The fourth-order valence-corrected chi connectivity index (χ4v) is 2.80. The summed E-state index contributed by atoms with van der Waals surface area (Å²) in [6, 6.07) is 10.9. The average Bonchev–Trinajstić information content (AvgIpc) is 3.05. The molecule has 0 atom stereocenters. The van der Waals surface area contributed by atoms with Gasteiger partial charge in [-0.1, -0.05) is 23.7 Å². The second kappa shape index (κ2) is 6.99. The Balaban J connectivity index is 1.82. The van der Waals surface area contributed by atoms with Gasteiger partial charge in [-0.25, -0.2) is 0 Å². The van der Waals surface area contributed by atoms with Gasteiger partial charge >= 0.3 is 0 Å². The van der Waals surface area contributed by atoms with E-state index in [1.807, 2.05) is 24.3 Å². The first-order valence-corrected chi connectivity index (χ1v) is 8.20. The number of carbonyl (C=O) groups excluding carboxylic acids is 1. The van der Waals surface area contributed by atoms with E-state index in [4.69, 9.17) is 11.6 Å². The number of nitrogens with one attached hydrogen (secondary N) is 2. The molecule has 0 aliphatic rings. The molecule has 0 radical (unpaired) electrons. The average molecular weight is 356 g/mol. The van der Waals surface area contributed by atoms with Crippen LogP contribution >= 0.6 is 11.6 Å². The number of aromatic amines is 1. The van der Waals surface area contributed by atoms with Crippen LogP contribution in [0.2, 0.25) is 5.02 Å². The smallest absolute Gasteiger partial charge is 0.163 e. The number of H-pyrrole nitrogens is 1. The number of aromatic hydroxyl groups is 1. The number of hydrogen-bond acceptors (Lipinski definition) is 4. The van der Waals surface area contributed by atoms with Gasteiger partial charge in [0.15, 0.2) is 5.78 Å². The van der Waals surface area contributed by atoms with E-state index in [0.717, 1.165) is 22.5 Å². The summed E-state index contributed by atoms with van der Waals surface area (Å²) in [4.78, 5) is 11.5. The molecule has 25 heavy (non-hydrogen) atoms. The van der Waals surface area contributed by atoms with E-state index >= 15 is 0 Å². The first-order chi connectivity index (χ1) is 12.0. The monoisotopic (exact) mass is 355 g/mol. The Labute approximate surface area is 150 Å². The number of anilines is 1. The number of aromatic nitrogens is 2. The lowest BCUT2D eigenvalue weighted by molar-refractivity contribution is 0.101.